The van der Waals surface area contributed by atoms with Crippen LogP contribution < -0.4 is 10.6 Å². The average molecular weight is 542 g/mol. The first-order valence-electron chi connectivity index (χ1n) is 11.8. The SMILES string of the molecule is CC1(NC(=O)O[C@H]2CO[C@@H](c3cc(Nc4nc(Cl)cc5nc(C(F)(F)F)cn45)n(C(C)(C)C)n3)C2)CC1. The minimum Gasteiger partial charge on any atom is -0.444 e. The van der Waals surface area contributed by atoms with Crippen LogP contribution in [-0.4, -0.2) is 48.5 Å². The molecule has 2 fully saturated rings. The number of alkyl carbamates (subject to hydrolysis) is 1. The summed E-state index contributed by atoms with van der Waals surface area (Å²) in [6.07, 6.45) is -2.82. The maximum atomic E-state index is 13.3. The number of alkyl halides is 3. The van der Waals surface area contributed by atoms with E-state index in [1.165, 1.54) is 10.5 Å². The van der Waals surface area contributed by atoms with Crippen molar-refractivity contribution in [2.75, 3.05) is 11.9 Å². The third-order valence-corrected chi connectivity index (χ3v) is 6.48. The van der Waals surface area contributed by atoms with E-state index in [4.69, 9.17) is 26.2 Å². The molecule has 5 rings (SSSR count). The Morgan fingerprint density at radius 3 is 2.62 bits per heavy atom. The largest absolute Gasteiger partial charge is 0.444 e. The number of imidazole rings is 1. The lowest BCUT2D eigenvalue weighted by atomic mass is 10.1. The number of aromatic nitrogens is 5. The number of hydrogen-bond donors (Lipinski definition) is 2. The van der Waals surface area contributed by atoms with E-state index in [-0.39, 0.29) is 28.9 Å². The van der Waals surface area contributed by atoms with Gasteiger partial charge in [-0.1, -0.05) is 11.6 Å². The molecule has 1 amide bonds. The van der Waals surface area contributed by atoms with Gasteiger partial charge in [-0.25, -0.2) is 19.4 Å². The molecule has 0 bridgehead atoms. The van der Waals surface area contributed by atoms with Crippen molar-refractivity contribution in [1.29, 1.82) is 0 Å². The number of anilines is 2. The molecule has 14 heteroatoms. The highest BCUT2D eigenvalue weighted by molar-refractivity contribution is 6.29. The molecule has 0 radical (unpaired) electrons. The molecule has 10 nitrogen and oxygen atoms in total. The average Bonchev–Trinajstić information content (AvgIpc) is 3.18. The van der Waals surface area contributed by atoms with E-state index in [1.807, 2.05) is 27.7 Å². The van der Waals surface area contributed by atoms with Crippen molar-refractivity contribution in [3.63, 3.8) is 0 Å². The molecule has 0 spiro atoms. The molecular formula is C23H27ClF3N7O3. The van der Waals surface area contributed by atoms with Crippen LogP contribution in [0.5, 0.6) is 0 Å². The molecule has 1 saturated heterocycles. The highest BCUT2D eigenvalue weighted by Crippen LogP contribution is 2.36. The molecule has 3 aromatic rings. The number of nitrogens with one attached hydrogen (secondary N) is 2. The summed E-state index contributed by atoms with van der Waals surface area (Å²) in [6, 6.07) is 2.99. The monoisotopic (exact) mass is 541 g/mol. The maximum Gasteiger partial charge on any atom is 0.434 e. The third-order valence-electron chi connectivity index (χ3n) is 6.28. The Labute approximate surface area is 215 Å². The van der Waals surface area contributed by atoms with Crippen molar-refractivity contribution >= 4 is 35.1 Å². The number of carbonyl (C=O) groups is 1. The number of nitrogens with zero attached hydrogens (tertiary/aromatic N) is 5. The van der Waals surface area contributed by atoms with Crippen LogP contribution in [0.3, 0.4) is 0 Å². The molecule has 2 atom stereocenters. The van der Waals surface area contributed by atoms with E-state index in [2.05, 4.69) is 20.6 Å². The van der Waals surface area contributed by atoms with Crippen molar-refractivity contribution in [2.24, 2.45) is 0 Å². The van der Waals surface area contributed by atoms with Gasteiger partial charge in [-0.05, 0) is 40.5 Å². The molecular weight excluding hydrogens is 515 g/mol. The molecule has 200 valence electrons. The predicted molar refractivity (Wildman–Crippen MR) is 128 cm³/mol. The lowest BCUT2D eigenvalue weighted by Crippen LogP contribution is -2.37. The topological polar surface area (TPSA) is 108 Å². The number of amides is 1. The van der Waals surface area contributed by atoms with Gasteiger partial charge in [-0.3, -0.25) is 4.40 Å². The second kappa shape index (κ2) is 8.76. The molecule has 1 aliphatic heterocycles. The Kier molecular flexibility index (Phi) is 6.06. The van der Waals surface area contributed by atoms with Gasteiger partial charge in [-0.15, -0.1) is 0 Å². The Balaban J connectivity index is 1.39. The zero-order valence-electron chi connectivity index (χ0n) is 20.7. The first kappa shape index (κ1) is 25.6. The summed E-state index contributed by atoms with van der Waals surface area (Å²) in [5.74, 6) is 0.509. The molecule has 1 saturated carbocycles. The molecule has 0 aromatic carbocycles. The fourth-order valence-electron chi connectivity index (χ4n) is 4.08. The van der Waals surface area contributed by atoms with Crippen LogP contribution in [0, 0.1) is 0 Å². The van der Waals surface area contributed by atoms with E-state index >= 15 is 0 Å². The van der Waals surface area contributed by atoms with E-state index in [0.29, 0.717) is 17.9 Å². The lowest BCUT2D eigenvalue weighted by molar-refractivity contribution is -0.140. The third kappa shape index (κ3) is 5.47. The molecule has 2 aliphatic rings. The van der Waals surface area contributed by atoms with Crippen molar-refractivity contribution in [2.45, 2.75) is 76.4 Å². The molecule has 1 aliphatic carbocycles. The summed E-state index contributed by atoms with van der Waals surface area (Å²) in [4.78, 5) is 20.0. The fourth-order valence-corrected chi connectivity index (χ4v) is 4.26. The Bertz CT molecular complexity index is 1340. The Morgan fingerprint density at radius 2 is 1.97 bits per heavy atom. The van der Waals surface area contributed by atoms with Gasteiger partial charge in [0, 0.05) is 30.3 Å². The van der Waals surface area contributed by atoms with E-state index in [9.17, 15) is 18.0 Å². The second-order valence-corrected chi connectivity index (χ2v) is 11.1. The number of halogens is 4. The summed E-state index contributed by atoms with van der Waals surface area (Å²) in [5, 5.41) is 10.6. The Morgan fingerprint density at radius 1 is 1.24 bits per heavy atom. The predicted octanol–water partition coefficient (Wildman–Crippen LogP) is 5.21. The highest BCUT2D eigenvalue weighted by Gasteiger charge is 2.40. The van der Waals surface area contributed by atoms with Gasteiger partial charge >= 0.3 is 12.3 Å². The van der Waals surface area contributed by atoms with Crippen LogP contribution in [0.1, 0.15) is 64.4 Å². The molecule has 2 N–H and O–H groups in total. The van der Waals surface area contributed by atoms with Crippen LogP contribution in [0.2, 0.25) is 5.15 Å². The summed E-state index contributed by atoms with van der Waals surface area (Å²) >= 11 is 6.08. The standard InChI is InChI=1S/C23H27ClF3N7O3/c1-21(2,3)34-18(30-19-29-16(24)9-17-28-15(10-33(17)19)23(25,26)27)8-13(32-34)14-7-12(11-36-14)37-20(35)31-22(4)5-6-22/h8-10,12,14H,5-7,11H2,1-4H3,(H,29,30)(H,31,35)/t12-,14-/m1/s1. The van der Waals surface area contributed by atoms with Crippen LogP contribution in [0.15, 0.2) is 18.3 Å². The van der Waals surface area contributed by atoms with E-state index < -0.39 is 35.7 Å². The first-order chi connectivity index (χ1) is 17.2. The van der Waals surface area contributed by atoms with Gasteiger partial charge in [0.25, 0.3) is 0 Å². The quantitative estimate of drug-likeness (QED) is 0.427. The van der Waals surface area contributed by atoms with Gasteiger partial charge in [-0.2, -0.15) is 18.3 Å². The highest BCUT2D eigenvalue weighted by atomic mass is 35.5. The number of carbonyl (C=O) groups excluding carboxylic acids is 1. The van der Waals surface area contributed by atoms with Gasteiger partial charge in [0.2, 0.25) is 5.95 Å². The van der Waals surface area contributed by atoms with Crippen LogP contribution in [0.4, 0.5) is 29.7 Å². The lowest BCUT2D eigenvalue weighted by Gasteiger charge is -2.22. The van der Waals surface area contributed by atoms with Crippen LogP contribution in [0.25, 0.3) is 5.65 Å². The number of fused-ring (bicyclic) bond motifs is 1. The summed E-state index contributed by atoms with van der Waals surface area (Å²) in [7, 11) is 0. The van der Waals surface area contributed by atoms with Gasteiger partial charge < -0.3 is 20.1 Å². The van der Waals surface area contributed by atoms with Crippen molar-refractivity contribution in [1.82, 2.24) is 29.5 Å². The first-order valence-corrected chi connectivity index (χ1v) is 12.2. The molecule has 0 unspecified atom stereocenters. The summed E-state index contributed by atoms with van der Waals surface area (Å²) < 4.78 is 54.1. The zero-order valence-corrected chi connectivity index (χ0v) is 21.4. The minimum absolute atomic E-state index is 0.00526. The van der Waals surface area contributed by atoms with Gasteiger partial charge in [0.05, 0.1) is 17.8 Å². The summed E-state index contributed by atoms with van der Waals surface area (Å²) in [5.41, 5.74) is -1.17. The van der Waals surface area contributed by atoms with Crippen LogP contribution in [-0.2, 0) is 21.2 Å². The summed E-state index contributed by atoms with van der Waals surface area (Å²) in [6.45, 7) is 7.98. The van der Waals surface area contributed by atoms with Crippen LogP contribution >= 0.6 is 11.6 Å². The smallest absolute Gasteiger partial charge is 0.434 e. The normalized spacial score (nSPS) is 21.3. The number of rotatable bonds is 5. The molecule has 3 aromatic heterocycles. The van der Waals surface area contributed by atoms with Gasteiger partial charge in [0.15, 0.2) is 5.69 Å². The number of hydrogen-bond acceptors (Lipinski definition) is 7. The van der Waals surface area contributed by atoms with E-state index in [1.54, 1.807) is 10.7 Å². The zero-order chi connectivity index (χ0) is 26.8. The van der Waals surface area contributed by atoms with Crippen molar-refractivity contribution < 1.29 is 27.4 Å². The maximum absolute atomic E-state index is 13.3. The minimum atomic E-state index is -4.62. The van der Waals surface area contributed by atoms with Gasteiger partial charge in [0.1, 0.15) is 28.8 Å². The number of ether oxygens (including phenoxy) is 2. The van der Waals surface area contributed by atoms with Crippen molar-refractivity contribution in [3.05, 3.63) is 34.9 Å². The van der Waals surface area contributed by atoms with E-state index in [0.717, 1.165) is 19.0 Å². The molecule has 4 heterocycles. The molecule has 37 heavy (non-hydrogen) atoms. The Hall–Kier alpha value is -3.06. The van der Waals surface area contributed by atoms with Crippen molar-refractivity contribution in [3.8, 4) is 0 Å². The second-order valence-electron chi connectivity index (χ2n) is 10.7. The fraction of sp³-hybridized carbons (Fsp3) is 0.565.